The van der Waals surface area contributed by atoms with Gasteiger partial charge in [-0.05, 0) is 24.8 Å². The van der Waals surface area contributed by atoms with Crippen molar-refractivity contribution in [2.45, 2.75) is 25.2 Å². The number of anilines is 1. The molecule has 0 bridgehead atoms. The van der Waals surface area contributed by atoms with Crippen molar-refractivity contribution in [3.8, 4) is 0 Å². The van der Waals surface area contributed by atoms with Gasteiger partial charge in [0.05, 0.1) is 31.2 Å². The van der Waals surface area contributed by atoms with Gasteiger partial charge < -0.3 is 24.4 Å². The summed E-state index contributed by atoms with van der Waals surface area (Å²) in [5.41, 5.74) is -0.287. The average molecular weight is 326 g/mol. The van der Waals surface area contributed by atoms with E-state index in [1.165, 1.54) is 6.07 Å². The summed E-state index contributed by atoms with van der Waals surface area (Å²) >= 11 is 0. The minimum absolute atomic E-state index is 0.0225. The summed E-state index contributed by atoms with van der Waals surface area (Å²) in [6.45, 7) is 0.587. The largest absolute Gasteiger partial charge is 0.394 e. The van der Waals surface area contributed by atoms with Gasteiger partial charge in [0.1, 0.15) is 0 Å². The number of nitrogens with one attached hydrogen (secondary N) is 1. The van der Waals surface area contributed by atoms with Crippen LogP contribution < -0.4 is 5.32 Å². The van der Waals surface area contributed by atoms with Crippen LogP contribution in [0.15, 0.2) is 10.6 Å². The fourth-order valence-electron chi connectivity index (χ4n) is 2.84. The number of rotatable bonds is 5. The zero-order chi connectivity index (χ0) is 16.0. The molecule has 1 aliphatic heterocycles. The number of fused-ring (bicyclic) bond motifs is 1. The number of nitrogens with zero attached hydrogens (tertiary/aromatic N) is 1. The third-order valence-corrected chi connectivity index (χ3v) is 4.26. The molecule has 0 amide bonds. The predicted octanol–water partition coefficient (Wildman–Crippen LogP) is 2.33. The summed E-state index contributed by atoms with van der Waals surface area (Å²) in [6, 6.07) is 1.24. The molecule has 4 rings (SSSR count). The van der Waals surface area contributed by atoms with Crippen LogP contribution >= 0.6 is 0 Å². The van der Waals surface area contributed by atoms with E-state index in [4.69, 9.17) is 14.0 Å². The molecule has 1 aliphatic carbocycles. The van der Waals surface area contributed by atoms with Crippen molar-refractivity contribution < 1.29 is 27.9 Å². The van der Waals surface area contributed by atoms with Crippen LogP contribution in [0.25, 0.3) is 11.0 Å². The summed E-state index contributed by atoms with van der Waals surface area (Å²) in [5, 5.41) is 16.6. The first-order valence-corrected chi connectivity index (χ1v) is 7.57. The SMILES string of the molecule is OCC(Nc1noc2c(F)c(F)c(C3OCCO3)cc12)C1CC1. The molecule has 23 heavy (non-hydrogen) atoms. The van der Waals surface area contributed by atoms with Gasteiger partial charge in [0, 0.05) is 5.56 Å². The number of aliphatic hydroxyl groups excluding tert-OH is 1. The van der Waals surface area contributed by atoms with Gasteiger partial charge in [0.25, 0.3) is 0 Å². The number of aliphatic hydroxyl groups is 1. The number of hydrogen-bond acceptors (Lipinski definition) is 6. The molecule has 1 atom stereocenters. The molecule has 2 fully saturated rings. The molecule has 8 heteroatoms. The number of ether oxygens (including phenoxy) is 2. The van der Waals surface area contributed by atoms with Crippen LogP contribution in [0.1, 0.15) is 24.7 Å². The van der Waals surface area contributed by atoms with Gasteiger partial charge in [-0.2, -0.15) is 4.39 Å². The highest BCUT2D eigenvalue weighted by Gasteiger charge is 2.33. The molecule has 2 aromatic rings. The minimum Gasteiger partial charge on any atom is -0.394 e. The average Bonchev–Trinajstić information content (AvgIpc) is 3.10. The van der Waals surface area contributed by atoms with Crippen LogP contribution in [0.5, 0.6) is 0 Å². The highest BCUT2D eigenvalue weighted by atomic mass is 19.2. The Bertz CT molecular complexity index is 726. The molecule has 0 radical (unpaired) electrons. The monoisotopic (exact) mass is 326 g/mol. The number of halogens is 2. The van der Waals surface area contributed by atoms with Gasteiger partial charge in [-0.15, -0.1) is 0 Å². The van der Waals surface area contributed by atoms with E-state index >= 15 is 0 Å². The first-order chi connectivity index (χ1) is 11.2. The molecule has 1 saturated heterocycles. The van der Waals surface area contributed by atoms with Gasteiger partial charge in [-0.1, -0.05) is 5.16 Å². The molecule has 124 valence electrons. The van der Waals surface area contributed by atoms with Crippen LogP contribution in [-0.2, 0) is 9.47 Å². The van der Waals surface area contributed by atoms with Gasteiger partial charge in [-0.25, -0.2) is 4.39 Å². The van der Waals surface area contributed by atoms with Gasteiger partial charge >= 0.3 is 0 Å². The lowest BCUT2D eigenvalue weighted by molar-refractivity contribution is -0.0467. The molecular weight excluding hydrogens is 310 g/mol. The highest BCUT2D eigenvalue weighted by molar-refractivity contribution is 5.89. The van der Waals surface area contributed by atoms with E-state index in [0.717, 1.165) is 12.8 Å². The molecular formula is C15H16F2N2O4. The Balaban J connectivity index is 1.74. The standard InChI is InChI=1S/C15H16F2N2O4/c16-11-8(15-21-3-4-22-15)5-9-13(12(11)17)23-19-14(9)18-10(6-20)7-1-2-7/h5,7,10,15,20H,1-4,6H2,(H,18,19). The topological polar surface area (TPSA) is 76.8 Å². The van der Waals surface area contributed by atoms with Gasteiger partial charge in [-0.3, -0.25) is 0 Å². The lowest BCUT2D eigenvalue weighted by Crippen LogP contribution is -2.26. The number of benzene rings is 1. The molecule has 1 aromatic carbocycles. The molecule has 1 saturated carbocycles. The van der Waals surface area contributed by atoms with Crippen LogP contribution in [0.4, 0.5) is 14.6 Å². The maximum Gasteiger partial charge on any atom is 0.207 e. The summed E-state index contributed by atoms with van der Waals surface area (Å²) in [6.07, 6.45) is 1.10. The third kappa shape index (κ3) is 2.56. The zero-order valence-electron chi connectivity index (χ0n) is 12.2. The third-order valence-electron chi connectivity index (χ3n) is 4.26. The quantitative estimate of drug-likeness (QED) is 0.878. The second kappa shape index (κ2) is 5.70. The fraction of sp³-hybridized carbons (Fsp3) is 0.533. The van der Waals surface area contributed by atoms with Crippen molar-refractivity contribution >= 4 is 16.8 Å². The van der Waals surface area contributed by atoms with E-state index in [0.29, 0.717) is 24.5 Å². The van der Waals surface area contributed by atoms with Crippen molar-refractivity contribution in [2.24, 2.45) is 5.92 Å². The second-order valence-corrected chi connectivity index (χ2v) is 5.85. The predicted molar refractivity (Wildman–Crippen MR) is 75.8 cm³/mol. The maximum absolute atomic E-state index is 14.2. The Labute approximate surface area is 130 Å². The van der Waals surface area contributed by atoms with Crippen molar-refractivity contribution in [2.75, 3.05) is 25.1 Å². The van der Waals surface area contributed by atoms with E-state index in [2.05, 4.69) is 10.5 Å². The Morgan fingerprint density at radius 3 is 2.65 bits per heavy atom. The van der Waals surface area contributed by atoms with Gasteiger partial charge in [0.15, 0.2) is 17.9 Å². The van der Waals surface area contributed by atoms with Crippen molar-refractivity contribution in [1.82, 2.24) is 5.16 Å². The summed E-state index contributed by atoms with van der Waals surface area (Å²) in [5.74, 6) is -1.54. The molecule has 0 spiro atoms. The molecule has 6 nitrogen and oxygen atoms in total. The first kappa shape index (κ1) is 14.8. The Hall–Kier alpha value is -1.77. The fourth-order valence-corrected chi connectivity index (χ4v) is 2.84. The lowest BCUT2D eigenvalue weighted by atomic mass is 10.1. The minimum atomic E-state index is -1.12. The van der Waals surface area contributed by atoms with Crippen LogP contribution in [0, 0.1) is 17.6 Å². The Morgan fingerprint density at radius 1 is 1.26 bits per heavy atom. The number of aromatic nitrogens is 1. The first-order valence-electron chi connectivity index (χ1n) is 7.57. The van der Waals surface area contributed by atoms with Crippen LogP contribution in [0.3, 0.4) is 0 Å². The number of hydrogen-bond donors (Lipinski definition) is 2. The molecule has 2 heterocycles. The summed E-state index contributed by atoms with van der Waals surface area (Å²) < 4.78 is 43.8. The molecule has 1 aromatic heterocycles. The molecule has 2 aliphatic rings. The summed E-state index contributed by atoms with van der Waals surface area (Å²) in [7, 11) is 0. The second-order valence-electron chi connectivity index (χ2n) is 5.85. The van der Waals surface area contributed by atoms with E-state index < -0.39 is 17.9 Å². The van der Waals surface area contributed by atoms with Crippen molar-refractivity contribution in [3.05, 3.63) is 23.3 Å². The van der Waals surface area contributed by atoms with Crippen molar-refractivity contribution in [1.29, 1.82) is 0 Å². The van der Waals surface area contributed by atoms with E-state index in [1.54, 1.807) is 0 Å². The zero-order valence-corrected chi connectivity index (χ0v) is 12.2. The van der Waals surface area contributed by atoms with Crippen LogP contribution in [-0.4, -0.2) is 36.1 Å². The normalized spacial score (nSPS) is 20.3. The maximum atomic E-state index is 14.2. The lowest BCUT2D eigenvalue weighted by Gasteiger charge is -2.15. The Kier molecular flexibility index (Phi) is 3.67. The smallest absolute Gasteiger partial charge is 0.207 e. The van der Waals surface area contributed by atoms with Crippen LogP contribution in [0.2, 0.25) is 0 Å². The Morgan fingerprint density at radius 2 is 2.00 bits per heavy atom. The van der Waals surface area contributed by atoms with E-state index in [9.17, 15) is 13.9 Å². The van der Waals surface area contributed by atoms with E-state index in [1.807, 2.05) is 0 Å². The van der Waals surface area contributed by atoms with E-state index in [-0.39, 0.29) is 29.6 Å². The molecule has 2 N–H and O–H groups in total. The summed E-state index contributed by atoms with van der Waals surface area (Å²) in [4.78, 5) is 0. The van der Waals surface area contributed by atoms with Gasteiger partial charge in [0.2, 0.25) is 11.4 Å². The van der Waals surface area contributed by atoms with Crippen molar-refractivity contribution in [3.63, 3.8) is 0 Å². The highest BCUT2D eigenvalue weighted by Crippen LogP contribution is 2.37. The molecule has 1 unspecified atom stereocenters.